The third-order valence-electron chi connectivity index (χ3n) is 2.92. The summed E-state index contributed by atoms with van der Waals surface area (Å²) in [5.74, 6) is -0.662. The predicted molar refractivity (Wildman–Crippen MR) is 76.8 cm³/mol. The zero-order valence-electron chi connectivity index (χ0n) is 8.98. The van der Waals surface area contributed by atoms with Crippen LogP contribution in [-0.2, 0) is 0 Å². The molecule has 0 radical (unpaired) electrons. The summed E-state index contributed by atoms with van der Waals surface area (Å²) in [5, 5.41) is 3.09. The summed E-state index contributed by atoms with van der Waals surface area (Å²) in [5.41, 5.74) is 0. The van der Waals surface area contributed by atoms with Crippen LogP contribution in [0.25, 0.3) is 21.5 Å². The van der Waals surface area contributed by atoms with Gasteiger partial charge in [-0.1, -0.05) is 12.1 Å². The van der Waals surface area contributed by atoms with Crippen LogP contribution in [0, 0.1) is 11.6 Å². The van der Waals surface area contributed by atoms with Crippen molar-refractivity contribution in [2.45, 2.75) is 0 Å². The smallest absolute Gasteiger partial charge is 0.123 e. The summed E-state index contributed by atoms with van der Waals surface area (Å²) < 4.78 is 28.4. The molecule has 0 bridgehead atoms. The Labute approximate surface area is 119 Å². The molecule has 18 heavy (non-hydrogen) atoms. The molecule has 0 aliphatic heterocycles. The van der Waals surface area contributed by atoms with Crippen molar-refractivity contribution in [3.8, 4) is 0 Å². The summed E-state index contributed by atoms with van der Waals surface area (Å²) >= 11 is 6.96. The van der Waals surface area contributed by atoms with Crippen molar-refractivity contribution in [3.63, 3.8) is 0 Å². The molecule has 3 rings (SSSR count). The minimum Gasteiger partial charge on any atom is -0.207 e. The van der Waals surface area contributed by atoms with Gasteiger partial charge < -0.3 is 0 Å². The van der Waals surface area contributed by atoms with Crippen molar-refractivity contribution < 1.29 is 8.78 Å². The molecule has 0 fully saturated rings. The number of halogens is 4. The highest BCUT2D eigenvalue weighted by Gasteiger charge is 2.12. The average Bonchev–Trinajstić information content (AvgIpc) is 2.36. The van der Waals surface area contributed by atoms with Gasteiger partial charge in [0, 0.05) is 8.95 Å². The van der Waals surface area contributed by atoms with E-state index in [4.69, 9.17) is 0 Å². The molecule has 0 N–H and O–H groups in total. The van der Waals surface area contributed by atoms with E-state index in [0.29, 0.717) is 10.8 Å². The molecule has 0 aromatic heterocycles. The van der Waals surface area contributed by atoms with Crippen molar-refractivity contribution in [3.05, 3.63) is 57.0 Å². The van der Waals surface area contributed by atoms with Gasteiger partial charge in [-0.15, -0.1) is 0 Å². The van der Waals surface area contributed by atoms with E-state index in [1.54, 1.807) is 12.1 Å². The largest absolute Gasteiger partial charge is 0.207 e. The fraction of sp³-hybridized carbons (Fsp3) is 0. The molecule has 90 valence electrons. The van der Waals surface area contributed by atoms with E-state index >= 15 is 0 Å². The molecule has 0 aliphatic rings. The van der Waals surface area contributed by atoms with Crippen LogP contribution in [0.4, 0.5) is 8.78 Å². The number of benzene rings is 3. The summed E-state index contributed by atoms with van der Waals surface area (Å²) in [4.78, 5) is 0. The highest BCUT2D eigenvalue weighted by Crippen LogP contribution is 2.39. The summed E-state index contributed by atoms with van der Waals surface area (Å²) in [6, 6.07) is 9.01. The van der Waals surface area contributed by atoms with Gasteiger partial charge >= 0.3 is 0 Å². The van der Waals surface area contributed by atoms with E-state index in [9.17, 15) is 8.78 Å². The first-order valence-corrected chi connectivity index (χ1v) is 6.82. The first-order chi connectivity index (χ1) is 8.58. The molecule has 0 saturated heterocycles. The van der Waals surface area contributed by atoms with Crippen LogP contribution < -0.4 is 0 Å². The molecule has 0 saturated carbocycles. The zero-order chi connectivity index (χ0) is 12.9. The molecule has 0 amide bonds. The quantitative estimate of drug-likeness (QED) is 0.438. The molecule has 3 aromatic rings. The van der Waals surface area contributed by atoms with Gasteiger partial charge in [0.15, 0.2) is 0 Å². The Balaban J connectivity index is 2.64. The summed E-state index contributed by atoms with van der Waals surface area (Å²) in [6.07, 6.45) is 0. The Hall–Kier alpha value is -1.00. The lowest BCUT2D eigenvalue weighted by Crippen LogP contribution is -1.85. The van der Waals surface area contributed by atoms with E-state index < -0.39 is 0 Å². The van der Waals surface area contributed by atoms with Gasteiger partial charge in [-0.2, -0.15) is 0 Å². The highest BCUT2D eigenvalue weighted by molar-refractivity contribution is 9.13. The maximum absolute atomic E-state index is 13.4. The third kappa shape index (κ3) is 1.75. The van der Waals surface area contributed by atoms with Crippen LogP contribution in [0.1, 0.15) is 0 Å². The molecular weight excluding hydrogens is 366 g/mol. The first-order valence-electron chi connectivity index (χ1n) is 5.23. The third-order valence-corrected chi connectivity index (χ3v) is 5.10. The van der Waals surface area contributed by atoms with Crippen LogP contribution in [0.5, 0.6) is 0 Å². The lowest BCUT2D eigenvalue weighted by molar-refractivity contribution is 0.628. The molecule has 4 heteroatoms. The van der Waals surface area contributed by atoms with Gasteiger partial charge in [-0.3, -0.25) is 0 Å². The first kappa shape index (κ1) is 12.1. The van der Waals surface area contributed by atoms with Gasteiger partial charge in [0.1, 0.15) is 11.6 Å². The van der Waals surface area contributed by atoms with E-state index in [0.717, 1.165) is 19.7 Å². The van der Waals surface area contributed by atoms with E-state index in [1.165, 1.54) is 24.3 Å². The van der Waals surface area contributed by atoms with Gasteiger partial charge in [0.05, 0.1) is 0 Å². The van der Waals surface area contributed by atoms with Gasteiger partial charge in [0.2, 0.25) is 0 Å². The Kier molecular flexibility index (Phi) is 2.87. The van der Waals surface area contributed by atoms with E-state index in [2.05, 4.69) is 31.9 Å². The zero-order valence-corrected chi connectivity index (χ0v) is 12.1. The minimum atomic E-state index is -0.331. The molecule has 0 aliphatic carbocycles. The van der Waals surface area contributed by atoms with Gasteiger partial charge in [0.25, 0.3) is 0 Å². The number of fused-ring (bicyclic) bond motifs is 3. The van der Waals surface area contributed by atoms with Crippen molar-refractivity contribution >= 4 is 53.4 Å². The second kappa shape index (κ2) is 4.28. The lowest BCUT2D eigenvalue weighted by atomic mass is 10.0. The fourth-order valence-corrected chi connectivity index (χ4v) is 3.22. The number of hydrogen-bond acceptors (Lipinski definition) is 0. The molecule has 0 spiro atoms. The van der Waals surface area contributed by atoms with E-state index in [-0.39, 0.29) is 11.6 Å². The monoisotopic (exact) mass is 370 g/mol. The molecule has 0 atom stereocenters. The second-order valence-electron chi connectivity index (χ2n) is 4.01. The van der Waals surface area contributed by atoms with Crippen LogP contribution >= 0.6 is 31.9 Å². The number of hydrogen-bond donors (Lipinski definition) is 0. The van der Waals surface area contributed by atoms with Crippen LogP contribution in [0.3, 0.4) is 0 Å². The maximum atomic E-state index is 13.4. The molecule has 3 aromatic carbocycles. The Morgan fingerprint density at radius 1 is 0.611 bits per heavy atom. The maximum Gasteiger partial charge on any atom is 0.123 e. The number of rotatable bonds is 0. The Bertz CT molecular complexity index is 715. The summed E-state index contributed by atoms with van der Waals surface area (Å²) in [6.45, 7) is 0. The normalized spacial score (nSPS) is 11.3. The second-order valence-corrected chi connectivity index (χ2v) is 5.59. The van der Waals surface area contributed by atoms with Crippen molar-refractivity contribution in [1.82, 2.24) is 0 Å². The fourth-order valence-electron chi connectivity index (χ4n) is 2.10. The highest BCUT2D eigenvalue weighted by atomic mass is 79.9. The van der Waals surface area contributed by atoms with Crippen LogP contribution in [0.2, 0.25) is 0 Å². The molecule has 0 unspecified atom stereocenters. The van der Waals surface area contributed by atoms with E-state index in [1.807, 2.05) is 0 Å². The average molecular weight is 372 g/mol. The standard InChI is InChI=1S/C14H6Br2F2/c15-13-9-3-1-7(17)5-11(9)12-6-8(18)2-4-10(12)14(13)16/h1-6H. The Morgan fingerprint density at radius 2 is 1.00 bits per heavy atom. The lowest BCUT2D eigenvalue weighted by Gasteiger charge is -2.10. The Morgan fingerprint density at radius 3 is 1.39 bits per heavy atom. The van der Waals surface area contributed by atoms with Crippen molar-refractivity contribution in [2.75, 3.05) is 0 Å². The predicted octanol–water partition coefficient (Wildman–Crippen LogP) is 5.80. The molecular formula is C14H6Br2F2. The van der Waals surface area contributed by atoms with Crippen LogP contribution in [-0.4, -0.2) is 0 Å². The molecule has 0 nitrogen and oxygen atoms in total. The van der Waals surface area contributed by atoms with Gasteiger partial charge in [-0.25, -0.2) is 8.78 Å². The summed E-state index contributed by atoms with van der Waals surface area (Å²) in [7, 11) is 0. The topological polar surface area (TPSA) is 0 Å². The minimum absolute atomic E-state index is 0.331. The van der Waals surface area contributed by atoms with Crippen molar-refractivity contribution in [1.29, 1.82) is 0 Å². The van der Waals surface area contributed by atoms with Crippen LogP contribution in [0.15, 0.2) is 45.3 Å². The van der Waals surface area contributed by atoms with Gasteiger partial charge in [-0.05, 0) is 77.7 Å². The SMILES string of the molecule is Fc1ccc2c(Br)c(Br)c3ccc(F)cc3c2c1. The van der Waals surface area contributed by atoms with Crippen molar-refractivity contribution in [2.24, 2.45) is 0 Å². The molecule has 0 heterocycles.